The molecule has 5 heterocycles. The van der Waals surface area contributed by atoms with Gasteiger partial charge in [0.1, 0.15) is 29.9 Å². The minimum atomic E-state index is -0.852. The summed E-state index contributed by atoms with van der Waals surface area (Å²) in [7, 11) is 0. The lowest BCUT2D eigenvalue weighted by molar-refractivity contribution is -0.176. The van der Waals surface area contributed by atoms with Crippen molar-refractivity contribution in [1.82, 2.24) is 25.4 Å². The van der Waals surface area contributed by atoms with Gasteiger partial charge in [-0.25, -0.2) is 14.4 Å². The molecule has 6 rings (SSSR count). The molecule has 3 aromatic heterocycles. The number of ether oxygens (including phenoxy) is 2. The van der Waals surface area contributed by atoms with Gasteiger partial charge in [0.25, 0.3) is 0 Å². The third-order valence-electron chi connectivity index (χ3n) is 7.32. The first-order valence-corrected chi connectivity index (χ1v) is 12.8. The number of halogens is 1. The molecule has 1 aromatic carbocycles. The van der Waals surface area contributed by atoms with E-state index in [1.54, 1.807) is 24.4 Å². The van der Waals surface area contributed by atoms with E-state index < -0.39 is 17.1 Å². The van der Waals surface area contributed by atoms with Gasteiger partial charge >= 0.3 is 0 Å². The lowest BCUT2D eigenvalue weighted by Crippen LogP contribution is -2.39. The zero-order chi connectivity index (χ0) is 26.0. The zero-order valence-corrected chi connectivity index (χ0v) is 20.7. The predicted octanol–water partition coefficient (Wildman–Crippen LogP) is 4.81. The van der Waals surface area contributed by atoms with Crippen molar-refractivity contribution in [1.29, 1.82) is 0 Å². The summed E-state index contributed by atoms with van der Waals surface area (Å²) in [5.74, 6) is -0.295. The Balaban J connectivity index is 1.13. The molecule has 198 valence electrons. The van der Waals surface area contributed by atoms with E-state index >= 15 is 4.39 Å². The van der Waals surface area contributed by atoms with Crippen LogP contribution >= 0.6 is 0 Å². The van der Waals surface area contributed by atoms with Crippen LogP contribution in [0.25, 0.3) is 22.7 Å². The molecule has 0 aliphatic carbocycles. The van der Waals surface area contributed by atoms with E-state index in [-0.39, 0.29) is 5.91 Å². The number of aromatic nitrogens is 4. The predicted molar refractivity (Wildman–Crippen MR) is 132 cm³/mol. The number of rotatable bonds is 10. The highest BCUT2D eigenvalue weighted by Crippen LogP contribution is 2.38. The van der Waals surface area contributed by atoms with Crippen LogP contribution in [0.5, 0.6) is 0 Å². The van der Waals surface area contributed by atoms with Crippen LogP contribution in [0.2, 0.25) is 0 Å². The molecule has 1 atom stereocenters. The zero-order valence-electron chi connectivity index (χ0n) is 20.7. The number of nitrogens with zero attached hydrogens (tertiary/aromatic N) is 3. The van der Waals surface area contributed by atoms with Gasteiger partial charge in [0, 0.05) is 30.0 Å². The van der Waals surface area contributed by atoms with Crippen molar-refractivity contribution in [3.63, 3.8) is 0 Å². The number of oxazole rings is 1. The van der Waals surface area contributed by atoms with Gasteiger partial charge in [-0.2, -0.15) is 0 Å². The van der Waals surface area contributed by atoms with Crippen molar-refractivity contribution >= 4 is 5.91 Å². The van der Waals surface area contributed by atoms with Gasteiger partial charge in [-0.1, -0.05) is 18.0 Å². The Morgan fingerprint density at radius 3 is 2.61 bits per heavy atom. The Morgan fingerprint density at radius 2 is 1.89 bits per heavy atom. The Bertz CT molecular complexity index is 1380. The van der Waals surface area contributed by atoms with Crippen molar-refractivity contribution in [2.24, 2.45) is 0 Å². The summed E-state index contributed by atoms with van der Waals surface area (Å²) in [6.45, 7) is 1.04. The maximum Gasteiger partial charge on any atom is 0.225 e. The van der Waals surface area contributed by atoms with E-state index in [9.17, 15) is 4.79 Å². The van der Waals surface area contributed by atoms with Gasteiger partial charge < -0.3 is 28.7 Å². The van der Waals surface area contributed by atoms with Crippen LogP contribution in [0.4, 0.5) is 4.39 Å². The number of H-pyrrole nitrogens is 1. The van der Waals surface area contributed by atoms with Crippen LogP contribution in [0.15, 0.2) is 58.1 Å². The Kier molecular flexibility index (Phi) is 6.54. The average Bonchev–Trinajstić information content (AvgIpc) is 3.73. The molecule has 2 fully saturated rings. The summed E-state index contributed by atoms with van der Waals surface area (Å²) in [4.78, 5) is 24.2. The summed E-state index contributed by atoms with van der Waals surface area (Å²) < 4.78 is 37.0. The van der Waals surface area contributed by atoms with Crippen LogP contribution < -0.4 is 5.32 Å². The molecule has 1 amide bonds. The number of nitrogens with one attached hydrogen (secondary N) is 2. The SMILES string of the molecule is O=C1CC[C@@](CCCCCC2(c3ccon3)OCCO2)(c2ncc(-c3ccc(-c4ncco4)cc3F)[nH]2)N1. The summed E-state index contributed by atoms with van der Waals surface area (Å²) in [6.07, 6.45) is 11.1. The van der Waals surface area contributed by atoms with Gasteiger partial charge in [-0.05, 0) is 37.5 Å². The van der Waals surface area contributed by atoms with Crippen LogP contribution in [0.3, 0.4) is 0 Å². The van der Waals surface area contributed by atoms with E-state index in [0.717, 1.165) is 19.3 Å². The van der Waals surface area contributed by atoms with Crippen LogP contribution in [0.1, 0.15) is 56.5 Å². The monoisotopic (exact) mass is 521 g/mol. The highest BCUT2D eigenvalue weighted by molar-refractivity contribution is 5.79. The summed E-state index contributed by atoms with van der Waals surface area (Å²) in [6, 6.07) is 6.58. The third-order valence-corrected chi connectivity index (χ3v) is 7.32. The summed E-state index contributed by atoms with van der Waals surface area (Å²) in [5, 5.41) is 7.16. The molecule has 0 saturated carbocycles. The lowest BCUT2D eigenvalue weighted by atomic mass is 9.89. The van der Waals surface area contributed by atoms with Gasteiger partial charge in [0.2, 0.25) is 17.6 Å². The molecule has 10 nitrogen and oxygen atoms in total. The summed E-state index contributed by atoms with van der Waals surface area (Å²) >= 11 is 0. The van der Waals surface area contributed by atoms with Crippen molar-refractivity contribution in [2.75, 3.05) is 13.2 Å². The fourth-order valence-electron chi connectivity index (χ4n) is 5.38. The second-order valence-electron chi connectivity index (χ2n) is 9.70. The van der Waals surface area contributed by atoms with E-state index in [0.29, 0.717) is 73.1 Å². The lowest BCUT2D eigenvalue weighted by Gasteiger charge is -2.28. The Labute approximate surface area is 217 Å². The minimum absolute atomic E-state index is 0.0119. The molecule has 2 aliphatic heterocycles. The number of unbranched alkanes of at least 4 members (excludes halogenated alkanes) is 2. The molecule has 4 aromatic rings. The van der Waals surface area contributed by atoms with Crippen LogP contribution in [0, 0.1) is 5.82 Å². The Morgan fingerprint density at radius 1 is 1.03 bits per heavy atom. The van der Waals surface area contributed by atoms with Crippen molar-refractivity contribution < 1.29 is 27.6 Å². The molecule has 38 heavy (non-hydrogen) atoms. The smallest absolute Gasteiger partial charge is 0.225 e. The van der Waals surface area contributed by atoms with Crippen molar-refractivity contribution in [3.05, 3.63) is 66.5 Å². The minimum Gasteiger partial charge on any atom is -0.445 e. The number of carbonyl (C=O) groups is 1. The molecule has 2 N–H and O–H groups in total. The number of imidazole rings is 1. The van der Waals surface area contributed by atoms with Crippen molar-refractivity contribution in [2.45, 2.75) is 56.3 Å². The second kappa shape index (κ2) is 10.1. The molecular formula is C27H28FN5O5. The topological polar surface area (TPSA) is 128 Å². The quantitative estimate of drug-likeness (QED) is 0.285. The number of benzene rings is 1. The van der Waals surface area contributed by atoms with Gasteiger partial charge in [-0.15, -0.1) is 0 Å². The van der Waals surface area contributed by atoms with E-state index in [1.165, 1.54) is 24.8 Å². The molecular weight excluding hydrogens is 493 g/mol. The highest BCUT2D eigenvalue weighted by Gasteiger charge is 2.42. The largest absolute Gasteiger partial charge is 0.445 e. The number of hydrogen-bond acceptors (Lipinski definition) is 8. The average molecular weight is 522 g/mol. The molecule has 0 bridgehead atoms. The highest BCUT2D eigenvalue weighted by atomic mass is 19.1. The number of carbonyl (C=O) groups excluding carboxylic acids is 1. The van der Waals surface area contributed by atoms with Gasteiger partial charge in [-0.3, -0.25) is 4.79 Å². The molecule has 2 saturated heterocycles. The van der Waals surface area contributed by atoms with E-state index in [4.69, 9.17) is 18.4 Å². The third kappa shape index (κ3) is 4.63. The van der Waals surface area contributed by atoms with Crippen molar-refractivity contribution in [3.8, 4) is 22.7 Å². The normalized spacial score (nSPS) is 20.7. The first-order chi connectivity index (χ1) is 18.6. The first kappa shape index (κ1) is 24.5. The number of aromatic amines is 1. The number of amides is 1. The maximum atomic E-state index is 15.0. The molecule has 2 aliphatic rings. The van der Waals surface area contributed by atoms with Crippen LogP contribution in [-0.2, 0) is 25.6 Å². The number of hydrogen-bond donors (Lipinski definition) is 2. The second-order valence-corrected chi connectivity index (χ2v) is 9.70. The Hall–Kier alpha value is -3.83. The molecule has 11 heteroatoms. The van der Waals surface area contributed by atoms with Crippen LogP contribution in [-0.4, -0.2) is 39.2 Å². The van der Waals surface area contributed by atoms with Gasteiger partial charge in [0.15, 0.2) is 0 Å². The standard InChI is InChI=1S/C27H28FN5O5/c28-20-16-18(24-29-11-13-35-24)4-5-19(20)21-17-30-25(31-21)26(10-6-23(34)32-26)8-2-1-3-9-27(36-14-15-37-27)22-7-12-38-33-22/h4-5,7,11-13,16-17H,1-3,6,8-10,14-15H2,(H,30,31)(H,32,34)/t26-/m0/s1. The fraction of sp³-hybridized carbons (Fsp3) is 0.407. The molecule has 0 spiro atoms. The maximum absolute atomic E-state index is 15.0. The fourth-order valence-corrected chi connectivity index (χ4v) is 5.38. The van der Waals surface area contributed by atoms with E-state index in [1.807, 2.05) is 0 Å². The first-order valence-electron chi connectivity index (χ1n) is 12.8. The van der Waals surface area contributed by atoms with Gasteiger partial charge in [0.05, 0.1) is 36.8 Å². The summed E-state index contributed by atoms with van der Waals surface area (Å²) in [5.41, 5.74) is 1.51. The molecule has 0 unspecified atom stereocenters. The van der Waals surface area contributed by atoms with E-state index in [2.05, 4.69) is 25.4 Å². The molecule has 0 radical (unpaired) electrons.